The van der Waals surface area contributed by atoms with Gasteiger partial charge in [0, 0.05) is 6.42 Å². The molecule has 0 saturated carbocycles. The molecule has 0 aromatic heterocycles. The minimum atomic E-state index is -4.25. The standard InChI is InChI=1S/C13H22F4O2/c1-2-3-4-5-6-7-8-9-11(18)19-10-13(16,17)12(14)15/h12H,2-10H2,1H3. The fraction of sp³-hybridized carbons (Fsp3) is 0.923. The molecule has 0 aliphatic rings. The van der Waals surface area contributed by atoms with Gasteiger partial charge in [-0.15, -0.1) is 0 Å². The van der Waals surface area contributed by atoms with Crippen LogP contribution in [-0.2, 0) is 9.53 Å². The van der Waals surface area contributed by atoms with Gasteiger partial charge >= 0.3 is 18.3 Å². The number of alkyl halides is 4. The third kappa shape index (κ3) is 9.73. The van der Waals surface area contributed by atoms with Gasteiger partial charge in [-0.2, -0.15) is 8.78 Å². The van der Waals surface area contributed by atoms with Gasteiger partial charge in [0.15, 0.2) is 6.61 Å². The summed E-state index contributed by atoms with van der Waals surface area (Å²) < 4.78 is 52.6. The van der Waals surface area contributed by atoms with E-state index in [1.807, 2.05) is 0 Å². The SMILES string of the molecule is CCCCCCCCCC(=O)OCC(F)(F)C(F)F. The summed E-state index contributed by atoms with van der Waals surface area (Å²) in [5, 5.41) is 0. The Hall–Kier alpha value is -0.810. The molecule has 0 aromatic carbocycles. The van der Waals surface area contributed by atoms with E-state index in [2.05, 4.69) is 11.7 Å². The predicted octanol–water partition coefficient (Wildman–Crippen LogP) is 4.57. The number of unbranched alkanes of at least 4 members (excludes halogenated alkanes) is 6. The zero-order chi connectivity index (χ0) is 14.7. The molecule has 0 bridgehead atoms. The molecule has 0 saturated heterocycles. The fourth-order valence-corrected chi connectivity index (χ4v) is 1.54. The number of halogens is 4. The maximum Gasteiger partial charge on any atom is 0.340 e. The average molecular weight is 286 g/mol. The molecule has 0 atom stereocenters. The monoisotopic (exact) mass is 286 g/mol. The second-order valence-corrected chi connectivity index (χ2v) is 4.59. The number of hydrogen-bond acceptors (Lipinski definition) is 2. The van der Waals surface area contributed by atoms with Crippen molar-refractivity contribution < 1.29 is 27.1 Å². The van der Waals surface area contributed by atoms with Crippen LogP contribution in [0.2, 0.25) is 0 Å². The minimum Gasteiger partial charge on any atom is -0.459 e. The van der Waals surface area contributed by atoms with Crippen LogP contribution < -0.4 is 0 Å². The van der Waals surface area contributed by atoms with Crippen molar-refractivity contribution >= 4 is 5.97 Å². The number of carbonyl (C=O) groups is 1. The van der Waals surface area contributed by atoms with Crippen molar-refractivity contribution in [2.24, 2.45) is 0 Å². The van der Waals surface area contributed by atoms with Gasteiger partial charge in [0.05, 0.1) is 0 Å². The van der Waals surface area contributed by atoms with Crippen molar-refractivity contribution in [3.8, 4) is 0 Å². The lowest BCUT2D eigenvalue weighted by molar-refractivity contribution is -0.179. The highest BCUT2D eigenvalue weighted by Gasteiger charge is 2.42. The smallest absolute Gasteiger partial charge is 0.340 e. The lowest BCUT2D eigenvalue weighted by Crippen LogP contribution is -2.33. The summed E-state index contributed by atoms with van der Waals surface area (Å²) in [6.45, 7) is 0.575. The zero-order valence-electron chi connectivity index (χ0n) is 11.3. The van der Waals surface area contributed by atoms with E-state index >= 15 is 0 Å². The van der Waals surface area contributed by atoms with Gasteiger partial charge in [0.2, 0.25) is 0 Å². The maximum absolute atomic E-state index is 12.4. The molecular formula is C13H22F4O2. The van der Waals surface area contributed by atoms with E-state index in [4.69, 9.17) is 0 Å². The van der Waals surface area contributed by atoms with Crippen molar-refractivity contribution in [2.45, 2.75) is 70.6 Å². The van der Waals surface area contributed by atoms with Gasteiger partial charge < -0.3 is 4.74 Å². The Kier molecular flexibility index (Phi) is 9.61. The van der Waals surface area contributed by atoms with Crippen molar-refractivity contribution in [3.63, 3.8) is 0 Å². The molecule has 0 fully saturated rings. The van der Waals surface area contributed by atoms with Crippen LogP contribution in [0.5, 0.6) is 0 Å². The Balaban J connectivity index is 3.50. The first-order valence-corrected chi connectivity index (χ1v) is 6.71. The third-order valence-corrected chi connectivity index (χ3v) is 2.73. The molecule has 0 aromatic rings. The van der Waals surface area contributed by atoms with E-state index in [1.165, 1.54) is 6.42 Å². The third-order valence-electron chi connectivity index (χ3n) is 2.73. The van der Waals surface area contributed by atoms with Crippen LogP contribution in [0.4, 0.5) is 17.6 Å². The molecule has 0 spiro atoms. The zero-order valence-corrected chi connectivity index (χ0v) is 11.3. The Labute approximate surface area is 111 Å². The van der Waals surface area contributed by atoms with Crippen LogP contribution >= 0.6 is 0 Å². The van der Waals surface area contributed by atoms with E-state index in [0.29, 0.717) is 6.42 Å². The first-order valence-electron chi connectivity index (χ1n) is 6.71. The molecule has 19 heavy (non-hydrogen) atoms. The van der Waals surface area contributed by atoms with Crippen LogP contribution in [0.25, 0.3) is 0 Å². The largest absolute Gasteiger partial charge is 0.459 e. The van der Waals surface area contributed by atoms with E-state index in [9.17, 15) is 22.4 Å². The second-order valence-electron chi connectivity index (χ2n) is 4.59. The van der Waals surface area contributed by atoms with Crippen molar-refractivity contribution in [3.05, 3.63) is 0 Å². The second kappa shape index (κ2) is 10.0. The molecule has 0 unspecified atom stereocenters. The van der Waals surface area contributed by atoms with Crippen LogP contribution in [-0.4, -0.2) is 24.9 Å². The van der Waals surface area contributed by atoms with Crippen molar-refractivity contribution in [1.82, 2.24) is 0 Å². The lowest BCUT2D eigenvalue weighted by atomic mass is 10.1. The van der Waals surface area contributed by atoms with E-state index in [1.54, 1.807) is 0 Å². The Bertz CT molecular complexity index is 245. The van der Waals surface area contributed by atoms with Gasteiger partial charge in [0.1, 0.15) is 0 Å². The number of carbonyl (C=O) groups excluding carboxylic acids is 1. The molecule has 0 radical (unpaired) electrons. The Morgan fingerprint density at radius 2 is 1.58 bits per heavy atom. The summed E-state index contributed by atoms with van der Waals surface area (Å²) in [5.74, 6) is -5.09. The van der Waals surface area contributed by atoms with Crippen LogP contribution in [0.1, 0.15) is 58.3 Å². The van der Waals surface area contributed by atoms with E-state index in [0.717, 1.165) is 32.1 Å². The van der Waals surface area contributed by atoms with Gasteiger partial charge in [-0.25, -0.2) is 8.78 Å². The van der Waals surface area contributed by atoms with E-state index < -0.39 is 24.9 Å². The van der Waals surface area contributed by atoms with Gasteiger partial charge in [-0.1, -0.05) is 45.4 Å². The number of ether oxygens (including phenoxy) is 1. The normalized spacial score (nSPS) is 11.9. The van der Waals surface area contributed by atoms with Crippen molar-refractivity contribution in [2.75, 3.05) is 6.61 Å². The molecule has 0 aliphatic heterocycles. The topological polar surface area (TPSA) is 26.3 Å². The quantitative estimate of drug-likeness (QED) is 0.316. The fourth-order valence-electron chi connectivity index (χ4n) is 1.54. The van der Waals surface area contributed by atoms with Gasteiger partial charge in [-0.3, -0.25) is 4.79 Å². The van der Waals surface area contributed by atoms with Gasteiger partial charge in [-0.05, 0) is 6.42 Å². The average Bonchev–Trinajstić information content (AvgIpc) is 2.35. The highest BCUT2D eigenvalue weighted by molar-refractivity contribution is 5.69. The minimum absolute atomic E-state index is 0.00704. The first-order chi connectivity index (χ1) is 8.90. The highest BCUT2D eigenvalue weighted by atomic mass is 19.3. The Morgan fingerprint density at radius 1 is 1.05 bits per heavy atom. The van der Waals surface area contributed by atoms with Crippen LogP contribution in [0.3, 0.4) is 0 Å². The van der Waals surface area contributed by atoms with Gasteiger partial charge in [0.25, 0.3) is 0 Å². The molecule has 6 heteroatoms. The number of hydrogen-bond donors (Lipinski definition) is 0. The summed E-state index contributed by atoms with van der Waals surface area (Å²) >= 11 is 0. The number of esters is 1. The highest BCUT2D eigenvalue weighted by Crippen LogP contribution is 2.23. The molecule has 0 amide bonds. The molecule has 2 nitrogen and oxygen atoms in total. The van der Waals surface area contributed by atoms with E-state index in [-0.39, 0.29) is 6.42 Å². The maximum atomic E-state index is 12.4. The summed E-state index contributed by atoms with van der Waals surface area (Å²) in [4.78, 5) is 11.0. The Morgan fingerprint density at radius 3 is 2.11 bits per heavy atom. The predicted molar refractivity (Wildman–Crippen MR) is 64.5 cm³/mol. The molecule has 0 rings (SSSR count). The molecule has 0 heterocycles. The molecule has 0 N–H and O–H groups in total. The molecule has 114 valence electrons. The molecule has 0 aliphatic carbocycles. The first kappa shape index (κ1) is 18.2. The summed E-state index contributed by atoms with van der Waals surface area (Å²) in [6.07, 6.45) is 3.14. The summed E-state index contributed by atoms with van der Waals surface area (Å²) in [6, 6.07) is 0. The van der Waals surface area contributed by atoms with Crippen molar-refractivity contribution in [1.29, 1.82) is 0 Å². The molecular weight excluding hydrogens is 264 g/mol. The van der Waals surface area contributed by atoms with Crippen LogP contribution in [0.15, 0.2) is 0 Å². The lowest BCUT2D eigenvalue weighted by Gasteiger charge is -2.14. The number of rotatable bonds is 11. The van der Waals surface area contributed by atoms with Crippen LogP contribution in [0, 0.1) is 0 Å². The summed E-state index contributed by atoms with van der Waals surface area (Å²) in [5.41, 5.74) is 0. The summed E-state index contributed by atoms with van der Waals surface area (Å²) in [7, 11) is 0.